The summed E-state index contributed by atoms with van der Waals surface area (Å²) in [5.41, 5.74) is 1.08. The lowest BCUT2D eigenvalue weighted by atomic mass is 10.1. The van der Waals surface area contributed by atoms with Gasteiger partial charge in [-0.3, -0.25) is 13.9 Å². The van der Waals surface area contributed by atoms with Gasteiger partial charge in [0.05, 0.1) is 17.7 Å². The number of halogens is 1. The number of methoxy groups -OCH3 is 1. The highest BCUT2D eigenvalue weighted by Gasteiger charge is 2.32. The maximum absolute atomic E-state index is 13.9. The first-order valence-corrected chi connectivity index (χ1v) is 14.9. The highest BCUT2D eigenvalue weighted by atomic mass is 79.9. The van der Waals surface area contributed by atoms with E-state index in [1.165, 1.54) is 17.0 Å². The van der Waals surface area contributed by atoms with Crippen molar-refractivity contribution in [2.24, 2.45) is 0 Å². The number of ether oxygens (including phenoxy) is 1. The van der Waals surface area contributed by atoms with Gasteiger partial charge < -0.3 is 15.0 Å². The lowest BCUT2D eigenvalue weighted by molar-refractivity contribution is -0.139. The minimum Gasteiger partial charge on any atom is -0.497 e. The molecule has 1 N–H and O–H groups in total. The fraction of sp³-hybridized carbons (Fsp3) is 0.310. The fourth-order valence-corrected chi connectivity index (χ4v) is 5.64. The second-order valence-corrected chi connectivity index (χ2v) is 11.8. The molecule has 0 saturated heterocycles. The minimum atomic E-state index is -4.09. The van der Waals surface area contributed by atoms with E-state index in [-0.39, 0.29) is 17.3 Å². The number of sulfonamides is 1. The highest BCUT2D eigenvalue weighted by molar-refractivity contribution is 9.10. The molecule has 0 aliphatic heterocycles. The zero-order valence-electron chi connectivity index (χ0n) is 22.3. The Morgan fingerprint density at radius 3 is 2.33 bits per heavy atom. The maximum Gasteiger partial charge on any atom is 0.264 e. The van der Waals surface area contributed by atoms with E-state index in [2.05, 4.69) is 21.2 Å². The van der Waals surface area contributed by atoms with Crippen molar-refractivity contribution in [3.8, 4) is 5.75 Å². The van der Waals surface area contributed by atoms with Crippen LogP contribution in [0.1, 0.15) is 32.3 Å². The molecule has 208 valence electrons. The van der Waals surface area contributed by atoms with E-state index in [0.717, 1.165) is 27.2 Å². The van der Waals surface area contributed by atoms with Crippen molar-refractivity contribution in [1.82, 2.24) is 10.2 Å². The molecule has 0 bridgehead atoms. The second-order valence-electron chi connectivity index (χ2n) is 8.99. The van der Waals surface area contributed by atoms with Crippen molar-refractivity contribution in [3.05, 3.63) is 88.9 Å². The van der Waals surface area contributed by atoms with Crippen LogP contribution in [0.3, 0.4) is 0 Å². The highest BCUT2D eigenvalue weighted by Crippen LogP contribution is 2.26. The van der Waals surface area contributed by atoms with Gasteiger partial charge in [0.25, 0.3) is 10.0 Å². The van der Waals surface area contributed by atoms with Crippen LogP contribution in [-0.4, -0.2) is 51.4 Å². The van der Waals surface area contributed by atoms with E-state index in [1.807, 2.05) is 13.0 Å². The third-order valence-electron chi connectivity index (χ3n) is 6.21. The van der Waals surface area contributed by atoms with Crippen molar-refractivity contribution >= 4 is 43.5 Å². The molecule has 0 saturated carbocycles. The average molecular weight is 617 g/mol. The predicted molar refractivity (Wildman–Crippen MR) is 156 cm³/mol. The van der Waals surface area contributed by atoms with Gasteiger partial charge in [0.1, 0.15) is 18.3 Å². The zero-order chi connectivity index (χ0) is 28.4. The van der Waals surface area contributed by atoms with Crippen molar-refractivity contribution in [2.75, 3.05) is 24.5 Å². The lowest BCUT2D eigenvalue weighted by Crippen LogP contribution is -2.51. The quantitative estimate of drug-likeness (QED) is 0.273. The maximum atomic E-state index is 13.9. The smallest absolute Gasteiger partial charge is 0.264 e. The monoisotopic (exact) mass is 615 g/mol. The first kappa shape index (κ1) is 30.2. The molecule has 2 amide bonds. The van der Waals surface area contributed by atoms with Crippen LogP contribution >= 0.6 is 15.9 Å². The molecule has 3 aromatic rings. The Bertz CT molecular complexity index is 1350. The third-order valence-corrected chi connectivity index (χ3v) is 8.53. The van der Waals surface area contributed by atoms with Crippen molar-refractivity contribution in [2.45, 2.75) is 44.2 Å². The van der Waals surface area contributed by atoms with Gasteiger partial charge in [-0.25, -0.2) is 8.42 Å². The molecule has 3 rings (SSSR count). The molecule has 0 radical (unpaired) electrons. The van der Waals surface area contributed by atoms with Gasteiger partial charge in [0.15, 0.2) is 0 Å². The number of carbonyl (C=O) groups excluding carboxylic acids is 2. The molecular weight excluding hydrogens is 582 g/mol. The summed E-state index contributed by atoms with van der Waals surface area (Å²) in [6.45, 7) is 3.77. The Kier molecular flexibility index (Phi) is 10.9. The van der Waals surface area contributed by atoms with Gasteiger partial charge in [0, 0.05) is 17.6 Å². The van der Waals surface area contributed by atoms with Crippen molar-refractivity contribution in [3.63, 3.8) is 0 Å². The molecule has 0 aromatic heterocycles. The Morgan fingerprint density at radius 2 is 1.69 bits per heavy atom. The zero-order valence-corrected chi connectivity index (χ0v) is 24.7. The van der Waals surface area contributed by atoms with Crippen molar-refractivity contribution < 1.29 is 22.7 Å². The molecule has 8 nitrogen and oxygen atoms in total. The molecule has 10 heteroatoms. The molecule has 39 heavy (non-hydrogen) atoms. The van der Waals surface area contributed by atoms with Crippen LogP contribution in [0.5, 0.6) is 5.75 Å². The van der Waals surface area contributed by atoms with E-state index in [9.17, 15) is 18.0 Å². The van der Waals surface area contributed by atoms with E-state index >= 15 is 0 Å². The molecule has 0 spiro atoms. The Morgan fingerprint density at radius 1 is 1.00 bits per heavy atom. The Labute approximate surface area is 239 Å². The molecule has 0 fully saturated rings. The largest absolute Gasteiger partial charge is 0.497 e. The lowest BCUT2D eigenvalue weighted by Gasteiger charge is -2.32. The van der Waals surface area contributed by atoms with Gasteiger partial charge in [-0.05, 0) is 67.4 Å². The summed E-state index contributed by atoms with van der Waals surface area (Å²) in [7, 11) is -2.54. The Hall–Kier alpha value is -3.37. The number of carbonyl (C=O) groups is 2. The van der Waals surface area contributed by atoms with Crippen LogP contribution in [0.15, 0.2) is 88.2 Å². The van der Waals surface area contributed by atoms with E-state index in [4.69, 9.17) is 4.74 Å². The minimum absolute atomic E-state index is 0.0606. The van der Waals surface area contributed by atoms with E-state index < -0.39 is 28.5 Å². The third kappa shape index (κ3) is 8.06. The van der Waals surface area contributed by atoms with Crippen LogP contribution in [-0.2, 0) is 26.2 Å². The second kappa shape index (κ2) is 14.1. The molecule has 3 aromatic carbocycles. The van der Waals surface area contributed by atoms with E-state index in [0.29, 0.717) is 18.0 Å². The number of nitrogens with zero attached hydrogens (tertiary/aromatic N) is 2. The fourth-order valence-electron chi connectivity index (χ4n) is 3.94. The summed E-state index contributed by atoms with van der Waals surface area (Å²) in [6.07, 6.45) is 1.73. The number of amides is 2. The van der Waals surface area contributed by atoms with E-state index in [1.54, 1.807) is 74.7 Å². The number of hydrogen-bond acceptors (Lipinski definition) is 5. The number of rotatable bonds is 13. The van der Waals surface area contributed by atoms with Crippen LogP contribution in [0.4, 0.5) is 5.69 Å². The number of benzene rings is 3. The number of unbranched alkanes of at least 4 members (excludes halogenated alkanes) is 1. The summed E-state index contributed by atoms with van der Waals surface area (Å²) in [5.74, 6) is -0.206. The standard InChI is InChI=1S/C29H34BrN3O5S/c1-4-5-18-31-29(35)22(2)32(20-23-10-9-11-26(19-23)38-3)28(34)21-33(25-16-14-24(30)15-17-25)39(36,37)27-12-7-6-8-13-27/h6-17,19,22H,4-5,18,20-21H2,1-3H3,(H,31,35)/t22-/m0/s1. The van der Waals surface area contributed by atoms with Gasteiger partial charge in [-0.2, -0.15) is 0 Å². The van der Waals surface area contributed by atoms with Crippen LogP contribution < -0.4 is 14.4 Å². The Balaban J connectivity index is 1.99. The molecule has 0 aliphatic carbocycles. The van der Waals surface area contributed by atoms with Crippen LogP contribution in [0.25, 0.3) is 0 Å². The summed E-state index contributed by atoms with van der Waals surface area (Å²) < 4.78 is 34.7. The first-order valence-electron chi connectivity index (χ1n) is 12.7. The molecule has 1 atom stereocenters. The van der Waals surface area contributed by atoms with Crippen molar-refractivity contribution in [1.29, 1.82) is 0 Å². The summed E-state index contributed by atoms with van der Waals surface area (Å²) in [6, 6.07) is 21.0. The van der Waals surface area contributed by atoms with Crippen LogP contribution in [0, 0.1) is 0 Å². The average Bonchev–Trinajstić information content (AvgIpc) is 2.95. The summed E-state index contributed by atoms with van der Waals surface area (Å²) in [5, 5.41) is 2.88. The van der Waals surface area contributed by atoms with Crippen LogP contribution in [0.2, 0.25) is 0 Å². The number of hydrogen-bond donors (Lipinski definition) is 1. The topological polar surface area (TPSA) is 96.0 Å². The molecule has 0 unspecified atom stereocenters. The normalized spacial score (nSPS) is 11.9. The predicted octanol–water partition coefficient (Wildman–Crippen LogP) is 4.99. The number of anilines is 1. The summed E-state index contributed by atoms with van der Waals surface area (Å²) >= 11 is 3.38. The van der Waals surface area contributed by atoms with Gasteiger partial charge in [-0.1, -0.05) is 59.6 Å². The SMILES string of the molecule is CCCCNC(=O)[C@H](C)N(Cc1cccc(OC)c1)C(=O)CN(c1ccc(Br)cc1)S(=O)(=O)c1ccccc1. The molecule has 0 heterocycles. The van der Waals surface area contributed by atoms with Gasteiger partial charge >= 0.3 is 0 Å². The summed E-state index contributed by atoms with van der Waals surface area (Å²) in [4.78, 5) is 28.4. The number of nitrogens with one attached hydrogen (secondary N) is 1. The van der Waals surface area contributed by atoms with Gasteiger partial charge in [-0.15, -0.1) is 0 Å². The molecular formula is C29H34BrN3O5S. The molecule has 0 aliphatic rings. The first-order chi connectivity index (χ1) is 18.7. The van der Waals surface area contributed by atoms with Gasteiger partial charge in [0.2, 0.25) is 11.8 Å².